The first-order valence-corrected chi connectivity index (χ1v) is 13.3. The Morgan fingerprint density at radius 3 is 2.30 bits per heavy atom. The van der Waals surface area contributed by atoms with E-state index in [2.05, 4.69) is 5.16 Å². The van der Waals surface area contributed by atoms with Gasteiger partial charge in [0, 0.05) is 35.7 Å². The first-order valence-electron chi connectivity index (χ1n) is 12.6. The third-order valence-electron chi connectivity index (χ3n) is 7.13. The number of carbonyl (C=O) groups excluding carboxylic acids is 1. The number of hydrogen-bond donors (Lipinski definition) is 3. The van der Waals surface area contributed by atoms with Crippen molar-refractivity contribution in [1.29, 1.82) is 0 Å². The molecule has 206 valence electrons. The molecule has 8 nitrogen and oxygen atoms in total. The number of aliphatic hydroxyl groups is 1. The van der Waals surface area contributed by atoms with Crippen LogP contribution < -0.4 is 5.73 Å². The van der Waals surface area contributed by atoms with Gasteiger partial charge in [0.25, 0.3) is 5.91 Å². The van der Waals surface area contributed by atoms with E-state index in [1.54, 1.807) is 70.2 Å². The third-order valence-corrected chi connectivity index (χ3v) is 7.70. The molecule has 4 N–H and O–H groups in total. The molecule has 3 aromatic carbocycles. The molecule has 40 heavy (non-hydrogen) atoms. The zero-order chi connectivity index (χ0) is 28.4. The lowest BCUT2D eigenvalue weighted by Gasteiger charge is -2.38. The summed E-state index contributed by atoms with van der Waals surface area (Å²) in [5, 5.41) is 29.4. The third kappa shape index (κ3) is 5.40. The Labute approximate surface area is 240 Å². The first kappa shape index (κ1) is 27.6. The molecule has 0 radical (unpaired) electrons. The molecule has 2 heterocycles. The number of likely N-dealkylation sites (tertiary alicyclic amines) is 1. The van der Waals surface area contributed by atoms with Crippen LogP contribution in [0.3, 0.4) is 0 Å². The molecule has 0 atom stereocenters. The quantitative estimate of drug-likeness (QED) is 0.122. The van der Waals surface area contributed by atoms with Gasteiger partial charge >= 0.3 is 0 Å². The molecule has 0 saturated carbocycles. The number of benzene rings is 3. The molecule has 0 aliphatic carbocycles. The van der Waals surface area contributed by atoms with Gasteiger partial charge in [-0.15, -0.1) is 0 Å². The van der Waals surface area contributed by atoms with Crippen molar-refractivity contribution < 1.29 is 19.5 Å². The Hall–Kier alpha value is -3.92. The average molecular weight is 582 g/mol. The minimum Gasteiger partial charge on any atom is -0.409 e. The summed E-state index contributed by atoms with van der Waals surface area (Å²) in [7, 11) is 0. The zero-order valence-electron chi connectivity index (χ0n) is 21.3. The maximum Gasteiger partial charge on any atom is 0.274 e. The largest absolute Gasteiger partial charge is 0.409 e. The summed E-state index contributed by atoms with van der Waals surface area (Å²) in [6, 6.07) is 19.9. The van der Waals surface area contributed by atoms with Gasteiger partial charge in [-0.2, -0.15) is 5.10 Å². The molecule has 0 bridgehead atoms. The SMILES string of the molecule is N/C(Cc1c(C(=O)N2CCC(O)(c3ccc(F)cc3)CC2)nn(-c2ccccc2Cl)c1-c1ccc(Cl)cc1)=N\O. The smallest absolute Gasteiger partial charge is 0.274 e. The average Bonchev–Trinajstić information content (AvgIpc) is 3.32. The van der Waals surface area contributed by atoms with Gasteiger partial charge in [-0.05, 0) is 54.8 Å². The van der Waals surface area contributed by atoms with Crippen molar-refractivity contribution in [3.63, 3.8) is 0 Å². The lowest BCUT2D eigenvalue weighted by atomic mass is 9.84. The van der Waals surface area contributed by atoms with Crippen LogP contribution in [-0.2, 0) is 12.0 Å². The minimum atomic E-state index is -1.19. The van der Waals surface area contributed by atoms with Crippen LogP contribution in [0.1, 0.15) is 34.5 Å². The van der Waals surface area contributed by atoms with Crippen LogP contribution in [0, 0.1) is 5.82 Å². The fourth-order valence-corrected chi connectivity index (χ4v) is 5.33. The normalized spacial score (nSPS) is 15.3. The Bertz CT molecular complexity index is 1560. The first-order chi connectivity index (χ1) is 19.2. The lowest BCUT2D eigenvalue weighted by Crippen LogP contribution is -2.45. The molecule has 1 amide bonds. The molecule has 1 aromatic heterocycles. The molecule has 5 rings (SSSR count). The molecule has 0 unspecified atom stereocenters. The molecular formula is C29H26Cl2FN5O3. The summed E-state index contributed by atoms with van der Waals surface area (Å²) in [4.78, 5) is 15.6. The number of amidine groups is 1. The fourth-order valence-electron chi connectivity index (χ4n) is 4.99. The van der Waals surface area contributed by atoms with Gasteiger partial charge in [0.1, 0.15) is 11.7 Å². The van der Waals surface area contributed by atoms with Crippen molar-refractivity contribution in [3.05, 3.63) is 105 Å². The second-order valence-corrected chi connectivity index (χ2v) is 10.5. The Balaban J connectivity index is 1.57. The second kappa shape index (κ2) is 11.3. The molecule has 1 aliphatic rings. The standard InChI is InChI=1S/C29H26Cl2FN5O3/c30-20-9-5-18(6-10-20)27-22(17-25(33)35-40)26(34-37(27)24-4-2-1-3-23(24)31)28(38)36-15-13-29(39,14-16-36)19-7-11-21(32)12-8-19/h1-12,39-40H,13-17H2,(H2,33,35). The molecular weight excluding hydrogens is 556 g/mol. The highest BCUT2D eigenvalue weighted by atomic mass is 35.5. The van der Waals surface area contributed by atoms with E-state index in [-0.39, 0.29) is 55.6 Å². The number of nitrogens with zero attached hydrogens (tertiary/aromatic N) is 4. The number of halogens is 3. The van der Waals surface area contributed by atoms with Crippen LogP contribution in [0.15, 0.2) is 78.0 Å². The van der Waals surface area contributed by atoms with Gasteiger partial charge < -0.3 is 20.9 Å². The van der Waals surface area contributed by atoms with Crippen molar-refractivity contribution in [2.75, 3.05) is 13.1 Å². The minimum absolute atomic E-state index is 0.0622. The van der Waals surface area contributed by atoms with Crippen molar-refractivity contribution in [1.82, 2.24) is 14.7 Å². The predicted molar refractivity (Wildman–Crippen MR) is 152 cm³/mol. The molecule has 4 aromatic rings. The maximum atomic E-state index is 14.0. The predicted octanol–water partition coefficient (Wildman–Crippen LogP) is 5.40. The highest BCUT2D eigenvalue weighted by Gasteiger charge is 2.37. The number of para-hydroxylation sites is 1. The van der Waals surface area contributed by atoms with Crippen LogP contribution in [0.4, 0.5) is 4.39 Å². The van der Waals surface area contributed by atoms with Crippen molar-refractivity contribution >= 4 is 34.9 Å². The van der Waals surface area contributed by atoms with Gasteiger partial charge in [-0.1, -0.05) is 64.8 Å². The summed E-state index contributed by atoms with van der Waals surface area (Å²) >= 11 is 12.7. The monoisotopic (exact) mass is 581 g/mol. The fraction of sp³-hybridized carbons (Fsp3) is 0.207. The number of amides is 1. The number of piperidine rings is 1. The summed E-state index contributed by atoms with van der Waals surface area (Å²) in [5.41, 5.74) is 7.69. The number of hydrogen-bond acceptors (Lipinski definition) is 5. The van der Waals surface area contributed by atoms with Crippen molar-refractivity contribution in [2.45, 2.75) is 24.9 Å². The van der Waals surface area contributed by atoms with E-state index < -0.39 is 5.60 Å². The van der Waals surface area contributed by atoms with E-state index in [1.807, 2.05) is 0 Å². The Morgan fingerprint density at radius 1 is 1.02 bits per heavy atom. The van der Waals surface area contributed by atoms with E-state index in [0.717, 1.165) is 0 Å². The second-order valence-electron chi connectivity index (χ2n) is 9.64. The summed E-state index contributed by atoms with van der Waals surface area (Å²) in [6.45, 7) is 0.482. The van der Waals surface area contributed by atoms with Gasteiger partial charge in [-0.3, -0.25) is 4.79 Å². The van der Waals surface area contributed by atoms with Crippen LogP contribution >= 0.6 is 23.2 Å². The van der Waals surface area contributed by atoms with Crippen LogP contribution in [0.25, 0.3) is 16.9 Å². The molecule has 1 aliphatic heterocycles. The molecule has 11 heteroatoms. The number of nitrogens with two attached hydrogens (primary N) is 1. The summed E-state index contributed by atoms with van der Waals surface area (Å²) in [5.74, 6) is -0.862. The van der Waals surface area contributed by atoms with E-state index in [0.29, 0.717) is 38.1 Å². The van der Waals surface area contributed by atoms with Gasteiger partial charge in [0.05, 0.1) is 22.0 Å². The zero-order valence-corrected chi connectivity index (χ0v) is 22.8. The van der Waals surface area contributed by atoms with Crippen LogP contribution in [0.2, 0.25) is 10.0 Å². The summed E-state index contributed by atoms with van der Waals surface area (Å²) < 4.78 is 15.0. The van der Waals surface area contributed by atoms with Crippen molar-refractivity contribution in [2.24, 2.45) is 10.9 Å². The number of oxime groups is 1. The highest BCUT2D eigenvalue weighted by Crippen LogP contribution is 2.36. The van der Waals surface area contributed by atoms with Gasteiger partial charge in [0.15, 0.2) is 5.69 Å². The van der Waals surface area contributed by atoms with Crippen molar-refractivity contribution in [3.8, 4) is 16.9 Å². The van der Waals surface area contributed by atoms with E-state index in [1.165, 1.54) is 12.1 Å². The topological polar surface area (TPSA) is 117 Å². The van der Waals surface area contributed by atoms with Crippen LogP contribution in [-0.4, -0.2) is 49.8 Å². The van der Waals surface area contributed by atoms with E-state index >= 15 is 0 Å². The lowest BCUT2D eigenvalue weighted by molar-refractivity contribution is -0.0213. The number of rotatable bonds is 6. The maximum absolute atomic E-state index is 14.0. The molecule has 1 fully saturated rings. The van der Waals surface area contributed by atoms with E-state index in [9.17, 15) is 19.5 Å². The number of carbonyl (C=O) groups is 1. The molecule has 0 spiro atoms. The van der Waals surface area contributed by atoms with Gasteiger partial charge in [0.2, 0.25) is 0 Å². The van der Waals surface area contributed by atoms with E-state index in [4.69, 9.17) is 34.0 Å². The Morgan fingerprint density at radius 2 is 1.68 bits per heavy atom. The summed E-state index contributed by atoms with van der Waals surface area (Å²) in [6.07, 6.45) is 0.456. The highest BCUT2D eigenvalue weighted by molar-refractivity contribution is 6.32. The Kier molecular flexibility index (Phi) is 7.80. The van der Waals surface area contributed by atoms with Crippen LogP contribution in [0.5, 0.6) is 0 Å². The van der Waals surface area contributed by atoms with Gasteiger partial charge in [-0.25, -0.2) is 9.07 Å². The molecule has 1 saturated heterocycles. The number of aromatic nitrogens is 2.